The highest BCUT2D eigenvalue weighted by Gasteiger charge is 2.22. The summed E-state index contributed by atoms with van der Waals surface area (Å²) in [5.41, 5.74) is 1.14. The molecule has 1 aromatic heterocycles. The van der Waals surface area contributed by atoms with E-state index in [-0.39, 0.29) is 23.2 Å². The Morgan fingerprint density at radius 3 is 2.58 bits per heavy atom. The molecule has 1 aromatic carbocycles. The highest BCUT2D eigenvalue weighted by molar-refractivity contribution is 8.00. The highest BCUT2D eigenvalue weighted by Crippen LogP contribution is 2.24. The standard InChI is InChI=1S/C17H25N5OS/c1-5-9-15(14-10-7-6-8-11-14)18-16(23)13(4)24-17-19-20-21-22(17)12(2)3/h6-8,10-13,15H,5,9H2,1-4H3,(H,18,23). The Kier molecular flexibility index (Phi) is 6.78. The molecule has 2 aromatic rings. The molecule has 0 spiro atoms. The monoisotopic (exact) mass is 347 g/mol. The second-order valence-corrected chi connectivity index (χ2v) is 7.33. The molecule has 7 heteroatoms. The Hall–Kier alpha value is -1.89. The predicted molar refractivity (Wildman–Crippen MR) is 95.8 cm³/mol. The molecule has 2 rings (SSSR count). The zero-order valence-corrected chi connectivity index (χ0v) is 15.5. The Bertz CT molecular complexity index is 643. The van der Waals surface area contributed by atoms with Crippen molar-refractivity contribution < 1.29 is 4.79 Å². The van der Waals surface area contributed by atoms with Gasteiger partial charge in [0.1, 0.15) is 0 Å². The second kappa shape index (κ2) is 8.82. The number of carbonyl (C=O) groups excluding carboxylic acids is 1. The van der Waals surface area contributed by atoms with Crippen LogP contribution < -0.4 is 5.32 Å². The molecule has 0 fully saturated rings. The first-order chi connectivity index (χ1) is 11.5. The van der Waals surface area contributed by atoms with Crippen molar-refractivity contribution in [1.29, 1.82) is 0 Å². The molecule has 1 amide bonds. The molecule has 0 saturated heterocycles. The summed E-state index contributed by atoms with van der Waals surface area (Å²) < 4.78 is 1.73. The van der Waals surface area contributed by atoms with E-state index < -0.39 is 0 Å². The number of amides is 1. The van der Waals surface area contributed by atoms with Crippen molar-refractivity contribution in [2.75, 3.05) is 0 Å². The Balaban J connectivity index is 2.02. The lowest BCUT2D eigenvalue weighted by atomic mass is 10.0. The molecule has 0 saturated carbocycles. The van der Waals surface area contributed by atoms with E-state index in [1.165, 1.54) is 11.8 Å². The Morgan fingerprint density at radius 1 is 1.25 bits per heavy atom. The number of hydrogen-bond acceptors (Lipinski definition) is 5. The van der Waals surface area contributed by atoms with Crippen LogP contribution in [0.1, 0.15) is 58.2 Å². The minimum Gasteiger partial charge on any atom is -0.348 e. The van der Waals surface area contributed by atoms with Gasteiger partial charge in [-0.25, -0.2) is 4.68 Å². The third-order valence-corrected chi connectivity index (χ3v) is 4.75. The lowest BCUT2D eigenvalue weighted by Crippen LogP contribution is -2.34. The van der Waals surface area contributed by atoms with E-state index in [1.807, 2.05) is 39.0 Å². The number of nitrogens with zero attached hydrogens (tertiary/aromatic N) is 4. The van der Waals surface area contributed by atoms with E-state index in [0.717, 1.165) is 18.4 Å². The summed E-state index contributed by atoms with van der Waals surface area (Å²) in [5.74, 6) is 0.000564. The predicted octanol–water partition coefficient (Wildman–Crippen LogP) is 3.39. The molecule has 24 heavy (non-hydrogen) atoms. The molecule has 0 radical (unpaired) electrons. The first-order valence-electron chi connectivity index (χ1n) is 8.32. The van der Waals surface area contributed by atoms with Crippen LogP contribution in [0.3, 0.4) is 0 Å². The maximum atomic E-state index is 12.6. The highest BCUT2D eigenvalue weighted by atomic mass is 32.2. The summed E-state index contributed by atoms with van der Waals surface area (Å²) in [4.78, 5) is 12.6. The zero-order chi connectivity index (χ0) is 17.5. The summed E-state index contributed by atoms with van der Waals surface area (Å²) in [6.45, 7) is 8.03. The van der Waals surface area contributed by atoms with Crippen molar-refractivity contribution in [2.24, 2.45) is 0 Å². The van der Waals surface area contributed by atoms with Crippen LogP contribution in [0.5, 0.6) is 0 Å². The maximum Gasteiger partial charge on any atom is 0.233 e. The first-order valence-corrected chi connectivity index (χ1v) is 9.20. The quantitative estimate of drug-likeness (QED) is 0.741. The van der Waals surface area contributed by atoms with Gasteiger partial charge in [0.25, 0.3) is 0 Å². The fraction of sp³-hybridized carbons (Fsp3) is 0.529. The van der Waals surface area contributed by atoms with E-state index >= 15 is 0 Å². The molecule has 0 bridgehead atoms. The van der Waals surface area contributed by atoms with Gasteiger partial charge in [-0.2, -0.15) is 0 Å². The third kappa shape index (κ3) is 4.80. The number of rotatable bonds is 8. The van der Waals surface area contributed by atoms with Gasteiger partial charge in [0.05, 0.1) is 17.3 Å². The molecular formula is C17H25N5OS. The van der Waals surface area contributed by atoms with Crippen LogP contribution in [0.25, 0.3) is 0 Å². The smallest absolute Gasteiger partial charge is 0.233 e. The maximum absolute atomic E-state index is 12.6. The molecule has 130 valence electrons. The van der Waals surface area contributed by atoms with E-state index in [0.29, 0.717) is 5.16 Å². The van der Waals surface area contributed by atoms with Gasteiger partial charge in [0.15, 0.2) is 0 Å². The minimum absolute atomic E-state index is 0.000564. The second-order valence-electron chi connectivity index (χ2n) is 6.02. The number of carbonyl (C=O) groups is 1. The lowest BCUT2D eigenvalue weighted by molar-refractivity contribution is -0.121. The molecule has 2 atom stereocenters. The largest absolute Gasteiger partial charge is 0.348 e. The minimum atomic E-state index is -0.267. The summed E-state index contributed by atoms with van der Waals surface area (Å²) in [7, 11) is 0. The van der Waals surface area contributed by atoms with Gasteiger partial charge in [0.2, 0.25) is 11.1 Å². The molecule has 0 aliphatic heterocycles. The third-order valence-electron chi connectivity index (χ3n) is 3.70. The van der Waals surface area contributed by atoms with Crippen LogP contribution in [-0.4, -0.2) is 31.4 Å². The van der Waals surface area contributed by atoms with Crippen molar-refractivity contribution in [2.45, 2.75) is 63.0 Å². The van der Waals surface area contributed by atoms with Crippen LogP contribution in [0.4, 0.5) is 0 Å². The van der Waals surface area contributed by atoms with Gasteiger partial charge in [-0.15, -0.1) is 5.10 Å². The first kappa shape index (κ1) is 18.4. The Morgan fingerprint density at radius 2 is 1.96 bits per heavy atom. The summed E-state index contributed by atoms with van der Waals surface area (Å²) >= 11 is 1.38. The van der Waals surface area contributed by atoms with Gasteiger partial charge in [0, 0.05) is 0 Å². The average Bonchev–Trinajstić information content (AvgIpc) is 3.03. The van der Waals surface area contributed by atoms with Crippen LogP contribution in [0, 0.1) is 0 Å². The summed E-state index contributed by atoms with van der Waals surface area (Å²) in [5, 5.41) is 15.2. The normalized spacial score (nSPS) is 13.7. The fourth-order valence-electron chi connectivity index (χ4n) is 2.38. The van der Waals surface area contributed by atoms with Gasteiger partial charge in [-0.05, 0) is 43.2 Å². The van der Waals surface area contributed by atoms with Crippen LogP contribution in [-0.2, 0) is 4.79 Å². The lowest BCUT2D eigenvalue weighted by Gasteiger charge is -2.21. The molecule has 1 heterocycles. The number of nitrogens with one attached hydrogen (secondary N) is 1. The van der Waals surface area contributed by atoms with Crippen LogP contribution >= 0.6 is 11.8 Å². The number of benzene rings is 1. The van der Waals surface area contributed by atoms with Gasteiger partial charge in [-0.1, -0.05) is 55.4 Å². The zero-order valence-electron chi connectivity index (χ0n) is 14.6. The fourth-order valence-corrected chi connectivity index (χ4v) is 3.31. The molecular weight excluding hydrogens is 322 g/mol. The van der Waals surface area contributed by atoms with Gasteiger partial charge in [-0.3, -0.25) is 4.79 Å². The molecule has 6 nitrogen and oxygen atoms in total. The van der Waals surface area contributed by atoms with Crippen molar-refractivity contribution in [3.63, 3.8) is 0 Å². The van der Waals surface area contributed by atoms with E-state index in [4.69, 9.17) is 0 Å². The van der Waals surface area contributed by atoms with Crippen molar-refractivity contribution >= 4 is 17.7 Å². The molecule has 2 unspecified atom stereocenters. The molecule has 1 N–H and O–H groups in total. The van der Waals surface area contributed by atoms with Crippen LogP contribution in [0.2, 0.25) is 0 Å². The summed E-state index contributed by atoms with van der Waals surface area (Å²) in [6, 6.07) is 10.3. The van der Waals surface area contributed by atoms with E-state index in [2.05, 4.69) is 39.9 Å². The number of thioether (sulfide) groups is 1. The Labute approximate surface area is 147 Å². The van der Waals surface area contributed by atoms with E-state index in [9.17, 15) is 4.79 Å². The topological polar surface area (TPSA) is 72.7 Å². The summed E-state index contributed by atoms with van der Waals surface area (Å²) in [6.07, 6.45) is 1.92. The van der Waals surface area contributed by atoms with Crippen molar-refractivity contribution in [3.8, 4) is 0 Å². The van der Waals surface area contributed by atoms with E-state index in [1.54, 1.807) is 4.68 Å². The SMILES string of the molecule is CCCC(NC(=O)C(C)Sc1nnnn1C(C)C)c1ccccc1. The number of hydrogen-bond donors (Lipinski definition) is 1. The van der Waals surface area contributed by atoms with Gasteiger partial charge >= 0.3 is 0 Å². The number of aromatic nitrogens is 4. The average molecular weight is 347 g/mol. The molecule has 0 aliphatic rings. The number of tetrazole rings is 1. The van der Waals surface area contributed by atoms with Crippen LogP contribution in [0.15, 0.2) is 35.5 Å². The van der Waals surface area contributed by atoms with Crippen molar-refractivity contribution in [3.05, 3.63) is 35.9 Å². The molecule has 0 aliphatic carbocycles. The van der Waals surface area contributed by atoms with Crippen molar-refractivity contribution in [1.82, 2.24) is 25.5 Å². The van der Waals surface area contributed by atoms with Gasteiger partial charge < -0.3 is 5.32 Å².